The summed E-state index contributed by atoms with van der Waals surface area (Å²) in [6, 6.07) is 10.7. The lowest BCUT2D eigenvalue weighted by atomic mass is 10.1. The van der Waals surface area contributed by atoms with Gasteiger partial charge in [-0.25, -0.2) is 4.98 Å². The highest BCUT2D eigenvalue weighted by Gasteiger charge is 2.12. The fourth-order valence-corrected chi connectivity index (χ4v) is 3.17. The first-order valence-electron chi connectivity index (χ1n) is 8.73. The SMILES string of the molecule is COc1ccc(-c2cc(=O)n3nc(C4=CCNCC4)ccc3n2)cc1OC. The summed E-state index contributed by atoms with van der Waals surface area (Å²) in [4.78, 5) is 17.3. The Hall–Kier alpha value is -3.19. The molecule has 7 nitrogen and oxygen atoms in total. The van der Waals surface area contributed by atoms with E-state index >= 15 is 0 Å². The number of benzene rings is 1. The topological polar surface area (TPSA) is 77.8 Å². The van der Waals surface area contributed by atoms with Gasteiger partial charge in [0.25, 0.3) is 5.56 Å². The van der Waals surface area contributed by atoms with E-state index in [1.807, 2.05) is 18.2 Å². The predicted molar refractivity (Wildman–Crippen MR) is 103 cm³/mol. The van der Waals surface area contributed by atoms with E-state index in [0.717, 1.165) is 36.3 Å². The molecule has 1 aliphatic heterocycles. The number of ether oxygens (including phenoxy) is 2. The molecule has 27 heavy (non-hydrogen) atoms. The zero-order valence-corrected chi connectivity index (χ0v) is 15.2. The highest BCUT2D eigenvalue weighted by molar-refractivity contribution is 5.67. The Morgan fingerprint density at radius 1 is 1.04 bits per heavy atom. The fraction of sp³-hybridized carbons (Fsp3) is 0.250. The third-order valence-electron chi connectivity index (χ3n) is 4.59. The zero-order valence-electron chi connectivity index (χ0n) is 15.2. The van der Waals surface area contributed by atoms with Gasteiger partial charge in [-0.1, -0.05) is 6.08 Å². The molecule has 0 amide bonds. The second-order valence-corrected chi connectivity index (χ2v) is 6.22. The molecule has 0 spiro atoms. The molecular weight excluding hydrogens is 344 g/mol. The summed E-state index contributed by atoms with van der Waals surface area (Å²) >= 11 is 0. The van der Waals surface area contributed by atoms with E-state index in [9.17, 15) is 4.79 Å². The Morgan fingerprint density at radius 3 is 2.63 bits per heavy atom. The minimum Gasteiger partial charge on any atom is -0.493 e. The van der Waals surface area contributed by atoms with Crippen LogP contribution in [0, 0.1) is 0 Å². The molecule has 4 rings (SSSR count). The highest BCUT2D eigenvalue weighted by atomic mass is 16.5. The molecule has 7 heteroatoms. The molecule has 0 saturated heterocycles. The molecule has 3 aromatic rings. The molecule has 0 bridgehead atoms. The summed E-state index contributed by atoms with van der Waals surface area (Å²) in [7, 11) is 3.16. The third-order valence-corrected chi connectivity index (χ3v) is 4.59. The van der Waals surface area contributed by atoms with Gasteiger partial charge in [0.2, 0.25) is 0 Å². The number of nitrogens with zero attached hydrogens (tertiary/aromatic N) is 3. The second kappa shape index (κ2) is 7.20. The summed E-state index contributed by atoms with van der Waals surface area (Å²) in [5.41, 5.74) is 3.58. The Morgan fingerprint density at radius 2 is 1.89 bits per heavy atom. The molecule has 3 heterocycles. The van der Waals surface area contributed by atoms with Crippen molar-refractivity contribution in [3.63, 3.8) is 0 Å². The Kier molecular flexibility index (Phi) is 4.60. The summed E-state index contributed by atoms with van der Waals surface area (Å²) in [6.07, 6.45) is 3.00. The van der Waals surface area contributed by atoms with E-state index < -0.39 is 0 Å². The number of hydrogen-bond acceptors (Lipinski definition) is 6. The number of hydrogen-bond donors (Lipinski definition) is 1. The number of methoxy groups -OCH3 is 2. The van der Waals surface area contributed by atoms with Gasteiger partial charge < -0.3 is 14.8 Å². The first-order valence-corrected chi connectivity index (χ1v) is 8.73. The highest BCUT2D eigenvalue weighted by Crippen LogP contribution is 2.31. The average Bonchev–Trinajstić information content (AvgIpc) is 2.73. The Bertz CT molecular complexity index is 1090. The fourth-order valence-electron chi connectivity index (χ4n) is 3.17. The van der Waals surface area contributed by atoms with E-state index in [2.05, 4.69) is 21.5 Å². The summed E-state index contributed by atoms with van der Waals surface area (Å²) in [5, 5.41) is 7.77. The third kappa shape index (κ3) is 3.29. The van der Waals surface area contributed by atoms with Crippen LogP contribution >= 0.6 is 0 Å². The van der Waals surface area contributed by atoms with Crippen molar-refractivity contribution in [3.8, 4) is 22.8 Å². The molecule has 1 aliphatic rings. The van der Waals surface area contributed by atoms with Gasteiger partial charge in [0, 0.05) is 18.2 Å². The van der Waals surface area contributed by atoms with Crippen molar-refractivity contribution in [1.82, 2.24) is 19.9 Å². The minimum atomic E-state index is -0.221. The predicted octanol–water partition coefficient (Wildman–Crippen LogP) is 2.15. The lowest BCUT2D eigenvalue weighted by Gasteiger charge is -2.14. The molecule has 1 aromatic carbocycles. The molecule has 0 fully saturated rings. The average molecular weight is 364 g/mol. The maximum absolute atomic E-state index is 12.7. The van der Waals surface area contributed by atoms with Crippen LogP contribution in [0.25, 0.3) is 22.5 Å². The first-order chi connectivity index (χ1) is 13.2. The number of rotatable bonds is 4. The van der Waals surface area contributed by atoms with Gasteiger partial charge in [-0.15, -0.1) is 0 Å². The zero-order chi connectivity index (χ0) is 18.8. The summed E-state index contributed by atoms with van der Waals surface area (Å²) in [6.45, 7) is 1.73. The van der Waals surface area contributed by atoms with E-state index in [4.69, 9.17) is 9.47 Å². The second-order valence-electron chi connectivity index (χ2n) is 6.22. The number of nitrogens with one attached hydrogen (secondary N) is 1. The molecule has 0 unspecified atom stereocenters. The van der Waals surface area contributed by atoms with Gasteiger partial charge in [0.05, 0.1) is 25.6 Å². The van der Waals surface area contributed by atoms with Crippen molar-refractivity contribution in [2.45, 2.75) is 6.42 Å². The quantitative estimate of drug-likeness (QED) is 0.764. The van der Waals surface area contributed by atoms with Crippen molar-refractivity contribution in [2.24, 2.45) is 0 Å². The molecule has 0 radical (unpaired) electrons. The molecule has 0 saturated carbocycles. The van der Waals surface area contributed by atoms with Gasteiger partial charge >= 0.3 is 0 Å². The van der Waals surface area contributed by atoms with Gasteiger partial charge in [0.15, 0.2) is 17.1 Å². The minimum absolute atomic E-state index is 0.221. The smallest absolute Gasteiger partial charge is 0.275 e. The van der Waals surface area contributed by atoms with Gasteiger partial charge in [-0.2, -0.15) is 9.61 Å². The van der Waals surface area contributed by atoms with Crippen LogP contribution in [0.3, 0.4) is 0 Å². The van der Waals surface area contributed by atoms with Gasteiger partial charge in [-0.05, 0) is 48.9 Å². The lowest BCUT2D eigenvalue weighted by molar-refractivity contribution is 0.355. The molecule has 138 valence electrons. The van der Waals surface area contributed by atoms with Crippen LogP contribution < -0.4 is 20.3 Å². The van der Waals surface area contributed by atoms with Gasteiger partial charge in [-0.3, -0.25) is 4.79 Å². The number of aromatic nitrogens is 3. The molecule has 2 aromatic heterocycles. The van der Waals surface area contributed by atoms with Crippen molar-refractivity contribution in [1.29, 1.82) is 0 Å². The lowest BCUT2D eigenvalue weighted by Crippen LogP contribution is -2.22. The maximum atomic E-state index is 12.7. The summed E-state index contributed by atoms with van der Waals surface area (Å²) in [5.74, 6) is 1.21. The Labute approximate surface area is 156 Å². The van der Waals surface area contributed by atoms with Crippen molar-refractivity contribution < 1.29 is 9.47 Å². The maximum Gasteiger partial charge on any atom is 0.275 e. The standard InChI is InChI=1S/C20H20N4O3/c1-26-17-5-3-14(11-18(17)27-2)16-12-20(25)24-19(22-16)6-4-15(23-24)13-7-9-21-10-8-13/h3-7,11-12,21H,8-10H2,1-2H3. The number of fused-ring (bicyclic) bond motifs is 1. The van der Waals surface area contributed by atoms with Crippen molar-refractivity contribution in [2.75, 3.05) is 27.3 Å². The summed E-state index contributed by atoms with van der Waals surface area (Å²) < 4.78 is 11.9. The first kappa shape index (κ1) is 17.2. The van der Waals surface area contributed by atoms with Gasteiger partial charge in [0.1, 0.15) is 0 Å². The van der Waals surface area contributed by atoms with Crippen LogP contribution in [0.1, 0.15) is 12.1 Å². The largest absolute Gasteiger partial charge is 0.493 e. The molecule has 0 atom stereocenters. The van der Waals surface area contributed by atoms with Crippen molar-refractivity contribution in [3.05, 3.63) is 58.5 Å². The molecule has 0 aliphatic carbocycles. The van der Waals surface area contributed by atoms with E-state index in [1.54, 1.807) is 26.4 Å². The van der Waals surface area contributed by atoms with Crippen molar-refractivity contribution >= 4 is 11.2 Å². The van der Waals surface area contributed by atoms with Crippen LogP contribution in [0.15, 0.2) is 47.3 Å². The van der Waals surface area contributed by atoms with E-state index in [1.165, 1.54) is 10.6 Å². The van der Waals surface area contributed by atoms with E-state index in [0.29, 0.717) is 22.8 Å². The normalized spacial score (nSPS) is 14.1. The van der Waals surface area contributed by atoms with Crippen LogP contribution in [0.2, 0.25) is 0 Å². The molecule has 1 N–H and O–H groups in total. The van der Waals surface area contributed by atoms with Crippen LogP contribution in [0.4, 0.5) is 0 Å². The van der Waals surface area contributed by atoms with Crippen LogP contribution in [-0.2, 0) is 0 Å². The Balaban J connectivity index is 1.78. The molecular formula is C20H20N4O3. The monoisotopic (exact) mass is 364 g/mol. The van der Waals surface area contributed by atoms with Crippen LogP contribution in [0.5, 0.6) is 11.5 Å². The van der Waals surface area contributed by atoms with E-state index in [-0.39, 0.29) is 5.56 Å². The van der Waals surface area contributed by atoms with Crippen LogP contribution in [-0.4, -0.2) is 41.9 Å².